The zero-order valence-electron chi connectivity index (χ0n) is 13.2. The van der Waals surface area contributed by atoms with Crippen LogP contribution in [0.5, 0.6) is 0 Å². The fourth-order valence-corrected chi connectivity index (χ4v) is 5.74. The van der Waals surface area contributed by atoms with Crippen LogP contribution in [-0.4, -0.2) is 58.6 Å². The van der Waals surface area contributed by atoms with Crippen LogP contribution in [0.3, 0.4) is 0 Å². The highest BCUT2D eigenvalue weighted by atomic mass is 32.2. The summed E-state index contributed by atoms with van der Waals surface area (Å²) in [5, 5.41) is 3.85. The van der Waals surface area contributed by atoms with Crippen molar-refractivity contribution in [3.8, 4) is 0 Å². The van der Waals surface area contributed by atoms with Gasteiger partial charge in [-0.05, 0) is 37.6 Å². The topological polar surface area (TPSA) is 28.2 Å². The van der Waals surface area contributed by atoms with E-state index >= 15 is 0 Å². The van der Waals surface area contributed by atoms with Gasteiger partial charge in [-0.3, -0.25) is 9.88 Å². The quantitative estimate of drug-likeness (QED) is 0.892. The van der Waals surface area contributed by atoms with Crippen molar-refractivity contribution < 1.29 is 0 Å². The molecule has 0 aliphatic carbocycles. The summed E-state index contributed by atoms with van der Waals surface area (Å²) in [4.78, 5) is 7.00. The van der Waals surface area contributed by atoms with Crippen molar-refractivity contribution in [2.24, 2.45) is 0 Å². The summed E-state index contributed by atoms with van der Waals surface area (Å²) in [6.45, 7) is 3.52. The zero-order valence-corrected chi connectivity index (χ0v) is 14.9. The lowest BCUT2D eigenvalue weighted by molar-refractivity contribution is 0.158. The number of pyridine rings is 1. The summed E-state index contributed by atoms with van der Waals surface area (Å²) in [5.74, 6) is 5.13. The van der Waals surface area contributed by atoms with E-state index in [1.165, 1.54) is 60.9 Å². The lowest BCUT2D eigenvalue weighted by Gasteiger charge is -2.35. The summed E-state index contributed by atoms with van der Waals surface area (Å²) < 4.78 is 0. The Labute approximate surface area is 143 Å². The third-order valence-corrected chi connectivity index (χ3v) is 7.03. The minimum atomic E-state index is 0.479. The summed E-state index contributed by atoms with van der Waals surface area (Å²) >= 11 is 4.20. The molecule has 2 saturated heterocycles. The van der Waals surface area contributed by atoms with Crippen LogP contribution in [0, 0.1) is 0 Å². The molecule has 2 aliphatic rings. The minimum absolute atomic E-state index is 0.479. The maximum absolute atomic E-state index is 4.35. The molecule has 1 N–H and O–H groups in total. The minimum Gasteiger partial charge on any atom is -0.310 e. The van der Waals surface area contributed by atoms with E-state index in [1.807, 2.05) is 6.20 Å². The fourth-order valence-electron chi connectivity index (χ4n) is 3.27. The molecule has 3 nitrogen and oxygen atoms in total. The molecule has 0 bridgehead atoms. The Morgan fingerprint density at radius 2 is 1.95 bits per heavy atom. The molecule has 22 heavy (non-hydrogen) atoms. The molecule has 2 fully saturated rings. The third kappa shape index (κ3) is 4.88. The highest BCUT2D eigenvalue weighted by molar-refractivity contribution is 8.03. The molecule has 1 aromatic heterocycles. The van der Waals surface area contributed by atoms with Gasteiger partial charge in [-0.1, -0.05) is 12.5 Å². The lowest BCUT2D eigenvalue weighted by atomic mass is 10.0. The summed E-state index contributed by atoms with van der Waals surface area (Å²) in [7, 11) is 0. The van der Waals surface area contributed by atoms with E-state index in [9.17, 15) is 0 Å². The van der Waals surface area contributed by atoms with Gasteiger partial charge in [0.15, 0.2) is 0 Å². The zero-order chi connectivity index (χ0) is 15.0. The van der Waals surface area contributed by atoms with E-state index in [2.05, 4.69) is 57.1 Å². The second-order valence-electron chi connectivity index (χ2n) is 6.15. The van der Waals surface area contributed by atoms with Gasteiger partial charge in [-0.2, -0.15) is 23.5 Å². The number of aromatic nitrogens is 1. The van der Waals surface area contributed by atoms with Crippen molar-refractivity contribution >= 4 is 23.5 Å². The molecule has 0 amide bonds. The van der Waals surface area contributed by atoms with Gasteiger partial charge in [0.05, 0.1) is 0 Å². The maximum atomic E-state index is 4.35. The van der Waals surface area contributed by atoms with Crippen molar-refractivity contribution in [1.29, 1.82) is 0 Å². The molecule has 0 aromatic carbocycles. The molecule has 0 spiro atoms. The smallest absolute Gasteiger partial charge is 0.0488 e. The van der Waals surface area contributed by atoms with Crippen LogP contribution in [0.2, 0.25) is 0 Å². The Kier molecular flexibility index (Phi) is 6.92. The Morgan fingerprint density at radius 3 is 2.64 bits per heavy atom. The van der Waals surface area contributed by atoms with Gasteiger partial charge in [-0.15, -0.1) is 0 Å². The van der Waals surface area contributed by atoms with Gasteiger partial charge in [0, 0.05) is 54.0 Å². The number of thioether (sulfide) groups is 2. The van der Waals surface area contributed by atoms with Crippen molar-refractivity contribution in [3.05, 3.63) is 30.1 Å². The lowest BCUT2D eigenvalue weighted by Crippen LogP contribution is -2.43. The highest BCUT2D eigenvalue weighted by Gasteiger charge is 2.23. The highest BCUT2D eigenvalue weighted by Crippen LogP contribution is 2.24. The average Bonchev–Trinajstić information content (AvgIpc) is 2.86. The van der Waals surface area contributed by atoms with E-state index in [4.69, 9.17) is 0 Å². The fraction of sp³-hybridized carbons (Fsp3) is 0.706. The first kappa shape index (κ1) is 16.6. The summed E-state index contributed by atoms with van der Waals surface area (Å²) in [5.41, 5.74) is 1.37. The SMILES string of the molecule is c1cncc(C(CNC2CSCCSC2)N2CCCCC2)c1. The molecule has 122 valence electrons. The van der Waals surface area contributed by atoms with Crippen molar-refractivity contribution in [2.75, 3.05) is 42.6 Å². The molecular weight excluding hydrogens is 310 g/mol. The first-order valence-corrected chi connectivity index (χ1v) is 10.8. The van der Waals surface area contributed by atoms with Crippen LogP contribution in [0.4, 0.5) is 0 Å². The Bertz CT molecular complexity index is 415. The number of piperidine rings is 1. The van der Waals surface area contributed by atoms with Crippen LogP contribution in [-0.2, 0) is 0 Å². The van der Waals surface area contributed by atoms with E-state index in [0.717, 1.165) is 6.54 Å². The van der Waals surface area contributed by atoms with Crippen LogP contribution in [0.25, 0.3) is 0 Å². The monoisotopic (exact) mass is 337 g/mol. The van der Waals surface area contributed by atoms with Crippen LogP contribution in [0.1, 0.15) is 30.9 Å². The number of likely N-dealkylation sites (tertiary alicyclic amines) is 1. The van der Waals surface area contributed by atoms with Crippen LogP contribution >= 0.6 is 23.5 Å². The summed E-state index contributed by atoms with van der Waals surface area (Å²) in [6.07, 6.45) is 8.00. The van der Waals surface area contributed by atoms with Crippen LogP contribution < -0.4 is 5.32 Å². The second-order valence-corrected chi connectivity index (χ2v) is 8.45. The van der Waals surface area contributed by atoms with Crippen molar-refractivity contribution in [2.45, 2.75) is 31.3 Å². The summed E-state index contributed by atoms with van der Waals surface area (Å²) in [6, 6.07) is 5.45. The number of nitrogens with one attached hydrogen (secondary N) is 1. The molecule has 1 aromatic rings. The maximum Gasteiger partial charge on any atom is 0.0488 e. The van der Waals surface area contributed by atoms with Gasteiger partial charge in [0.2, 0.25) is 0 Å². The molecule has 2 aliphatic heterocycles. The Balaban J connectivity index is 1.62. The molecule has 3 rings (SSSR count). The number of hydrogen-bond donors (Lipinski definition) is 1. The molecule has 1 atom stereocenters. The third-order valence-electron chi connectivity index (χ3n) is 4.51. The van der Waals surface area contributed by atoms with Crippen molar-refractivity contribution in [3.63, 3.8) is 0 Å². The predicted octanol–water partition coefficient (Wildman–Crippen LogP) is 3.05. The molecule has 5 heteroatoms. The van der Waals surface area contributed by atoms with Gasteiger partial charge < -0.3 is 5.32 Å². The molecular formula is C17H27N3S2. The molecule has 3 heterocycles. The van der Waals surface area contributed by atoms with E-state index in [-0.39, 0.29) is 0 Å². The predicted molar refractivity (Wildman–Crippen MR) is 98.8 cm³/mol. The number of rotatable bonds is 5. The van der Waals surface area contributed by atoms with Gasteiger partial charge in [0.1, 0.15) is 0 Å². The first-order valence-electron chi connectivity index (χ1n) is 8.46. The average molecular weight is 338 g/mol. The number of hydrogen-bond acceptors (Lipinski definition) is 5. The van der Waals surface area contributed by atoms with Gasteiger partial charge in [-0.25, -0.2) is 0 Å². The number of nitrogens with zero attached hydrogens (tertiary/aromatic N) is 2. The van der Waals surface area contributed by atoms with E-state index < -0.39 is 0 Å². The Hall–Kier alpha value is -0.230. The van der Waals surface area contributed by atoms with E-state index in [1.54, 1.807) is 0 Å². The Morgan fingerprint density at radius 1 is 1.18 bits per heavy atom. The second kappa shape index (κ2) is 9.16. The normalized spacial score (nSPS) is 23.1. The van der Waals surface area contributed by atoms with E-state index in [0.29, 0.717) is 12.1 Å². The molecule has 0 radical (unpaired) electrons. The molecule has 1 unspecified atom stereocenters. The largest absolute Gasteiger partial charge is 0.310 e. The van der Waals surface area contributed by atoms with Gasteiger partial charge >= 0.3 is 0 Å². The molecule has 0 saturated carbocycles. The van der Waals surface area contributed by atoms with Crippen LogP contribution in [0.15, 0.2) is 24.5 Å². The van der Waals surface area contributed by atoms with Crippen molar-refractivity contribution in [1.82, 2.24) is 15.2 Å². The standard InChI is InChI=1S/C17H27N3S2/c1-2-7-20(8-3-1)17(15-5-4-6-18-11-15)12-19-16-13-21-9-10-22-14-16/h4-6,11,16-17,19H,1-3,7-10,12-14H2. The first-order chi connectivity index (χ1) is 10.9. The van der Waals surface area contributed by atoms with Gasteiger partial charge in [0.25, 0.3) is 0 Å².